The Kier molecular flexibility index (Phi) is 3.84. The van der Waals surface area contributed by atoms with Gasteiger partial charge < -0.3 is 0 Å². The molecule has 94 valence electrons. The summed E-state index contributed by atoms with van der Waals surface area (Å²) in [5, 5.41) is 0. The normalized spacial score (nSPS) is 21.8. The van der Waals surface area contributed by atoms with Crippen molar-refractivity contribution in [2.75, 3.05) is 18.8 Å². The second kappa shape index (κ2) is 5.19. The van der Waals surface area contributed by atoms with Gasteiger partial charge in [-0.15, -0.1) is 0 Å². The van der Waals surface area contributed by atoms with Crippen LogP contribution in [0.25, 0.3) is 0 Å². The lowest BCUT2D eigenvalue weighted by atomic mass is 9.99. The van der Waals surface area contributed by atoms with Gasteiger partial charge in [0.15, 0.2) is 0 Å². The van der Waals surface area contributed by atoms with Gasteiger partial charge in [0.25, 0.3) is 0 Å². The van der Waals surface area contributed by atoms with Crippen LogP contribution in [0.2, 0.25) is 0 Å². The number of benzene rings is 1. The van der Waals surface area contributed by atoms with Gasteiger partial charge in [-0.3, -0.25) is 0 Å². The molecule has 3 nitrogen and oxygen atoms in total. The number of hydrogen-bond donors (Lipinski definition) is 0. The predicted molar refractivity (Wildman–Crippen MR) is 69.5 cm³/mol. The first-order valence-corrected chi connectivity index (χ1v) is 7.77. The Hall–Kier alpha value is -0.870. The molecule has 2 rings (SSSR count). The molecule has 0 aliphatic carbocycles. The molecule has 0 radical (unpaired) electrons. The zero-order chi connectivity index (χ0) is 12.3. The van der Waals surface area contributed by atoms with E-state index in [4.69, 9.17) is 0 Å². The second-order valence-electron chi connectivity index (χ2n) is 4.57. The zero-order valence-electron chi connectivity index (χ0n) is 10.2. The van der Waals surface area contributed by atoms with E-state index in [-0.39, 0.29) is 5.75 Å². The molecular weight excluding hydrogens is 234 g/mol. The first-order valence-electron chi connectivity index (χ1n) is 6.16. The van der Waals surface area contributed by atoms with E-state index in [0.717, 1.165) is 6.42 Å². The van der Waals surface area contributed by atoms with Gasteiger partial charge >= 0.3 is 0 Å². The van der Waals surface area contributed by atoms with Crippen LogP contribution in [-0.4, -0.2) is 31.6 Å². The molecule has 0 N–H and O–H groups in total. The lowest BCUT2D eigenvalue weighted by Crippen LogP contribution is -2.30. The summed E-state index contributed by atoms with van der Waals surface area (Å²) in [5.41, 5.74) is 1.25. The van der Waals surface area contributed by atoms with Gasteiger partial charge in [-0.2, -0.15) is 0 Å². The fourth-order valence-electron chi connectivity index (χ4n) is 2.37. The molecule has 17 heavy (non-hydrogen) atoms. The molecule has 1 atom stereocenters. The van der Waals surface area contributed by atoms with Crippen LogP contribution in [0, 0.1) is 0 Å². The minimum atomic E-state index is -3.02. The van der Waals surface area contributed by atoms with E-state index < -0.39 is 10.0 Å². The van der Waals surface area contributed by atoms with Crippen molar-refractivity contribution in [1.82, 2.24) is 4.31 Å². The monoisotopic (exact) mass is 253 g/mol. The fraction of sp³-hybridized carbons (Fsp3) is 0.538. The molecule has 0 amide bonds. The highest BCUT2D eigenvalue weighted by Crippen LogP contribution is 2.28. The third-order valence-electron chi connectivity index (χ3n) is 3.28. The van der Waals surface area contributed by atoms with Crippen molar-refractivity contribution < 1.29 is 8.42 Å². The van der Waals surface area contributed by atoms with Crippen LogP contribution in [0.5, 0.6) is 0 Å². The Labute approximate surface area is 104 Å². The summed E-state index contributed by atoms with van der Waals surface area (Å²) < 4.78 is 25.5. The lowest BCUT2D eigenvalue weighted by molar-refractivity contribution is 0.472. The maximum atomic E-state index is 11.9. The van der Waals surface area contributed by atoms with Crippen LogP contribution in [0.4, 0.5) is 0 Å². The van der Waals surface area contributed by atoms with Crippen molar-refractivity contribution in [3.63, 3.8) is 0 Å². The van der Waals surface area contributed by atoms with Crippen molar-refractivity contribution in [3.05, 3.63) is 35.9 Å². The molecule has 1 aliphatic rings. The van der Waals surface area contributed by atoms with Crippen LogP contribution < -0.4 is 0 Å². The number of rotatable bonds is 4. The molecule has 1 aromatic rings. The molecule has 1 aliphatic heterocycles. The third-order valence-corrected chi connectivity index (χ3v) is 5.32. The maximum absolute atomic E-state index is 11.9. The van der Waals surface area contributed by atoms with E-state index in [1.54, 1.807) is 4.31 Å². The van der Waals surface area contributed by atoms with Gasteiger partial charge in [-0.05, 0) is 24.3 Å². The Balaban J connectivity index is 2.06. The Morgan fingerprint density at radius 2 is 2.00 bits per heavy atom. The average molecular weight is 253 g/mol. The summed E-state index contributed by atoms with van der Waals surface area (Å²) in [6, 6.07) is 10.2. The van der Waals surface area contributed by atoms with Gasteiger partial charge in [-0.1, -0.05) is 37.3 Å². The lowest BCUT2D eigenvalue weighted by Gasteiger charge is -2.16. The summed E-state index contributed by atoms with van der Waals surface area (Å²) in [7, 11) is -3.02. The first kappa shape index (κ1) is 12.6. The molecule has 4 heteroatoms. The van der Waals surface area contributed by atoms with Gasteiger partial charge in [0, 0.05) is 13.1 Å². The van der Waals surface area contributed by atoms with Crippen LogP contribution in [0.15, 0.2) is 30.3 Å². The minimum Gasteiger partial charge on any atom is -0.212 e. The van der Waals surface area contributed by atoms with E-state index in [0.29, 0.717) is 25.4 Å². The van der Waals surface area contributed by atoms with E-state index in [2.05, 4.69) is 12.1 Å². The number of sulfonamides is 1. The Morgan fingerprint density at radius 1 is 1.29 bits per heavy atom. The number of hydrogen-bond acceptors (Lipinski definition) is 2. The molecule has 1 heterocycles. The summed E-state index contributed by atoms with van der Waals surface area (Å²) >= 11 is 0. The molecule has 1 unspecified atom stereocenters. The van der Waals surface area contributed by atoms with Gasteiger partial charge in [0.1, 0.15) is 0 Å². The van der Waals surface area contributed by atoms with E-state index in [9.17, 15) is 8.42 Å². The molecule has 0 aromatic heterocycles. The summed E-state index contributed by atoms with van der Waals surface area (Å²) in [4.78, 5) is 0. The fourth-order valence-corrected chi connectivity index (χ4v) is 3.93. The standard InChI is InChI=1S/C13H19NO2S/c1-2-10-17(15,16)14-9-8-13(11-14)12-6-4-3-5-7-12/h3-7,13H,2,8-11H2,1H3. The Bertz CT molecular complexity index is 456. The Morgan fingerprint density at radius 3 is 2.65 bits per heavy atom. The molecule has 1 aromatic carbocycles. The summed E-state index contributed by atoms with van der Waals surface area (Å²) in [6.45, 7) is 3.22. The van der Waals surface area contributed by atoms with Crippen molar-refractivity contribution in [3.8, 4) is 0 Å². The van der Waals surface area contributed by atoms with Crippen LogP contribution in [0.1, 0.15) is 31.2 Å². The van der Waals surface area contributed by atoms with Crippen molar-refractivity contribution in [2.45, 2.75) is 25.7 Å². The topological polar surface area (TPSA) is 37.4 Å². The molecular formula is C13H19NO2S. The van der Waals surface area contributed by atoms with Crippen LogP contribution in [-0.2, 0) is 10.0 Å². The number of nitrogens with zero attached hydrogens (tertiary/aromatic N) is 1. The van der Waals surface area contributed by atoms with Crippen LogP contribution in [0.3, 0.4) is 0 Å². The average Bonchev–Trinajstić information content (AvgIpc) is 2.80. The maximum Gasteiger partial charge on any atom is 0.214 e. The largest absolute Gasteiger partial charge is 0.214 e. The smallest absolute Gasteiger partial charge is 0.212 e. The minimum absolute atomic E-state index is 0.272. The van der Waals surface area contributed by atoms with Gasteiger partial charge in [0.05, 0.1) is 5.75 Å². The van der Waals surface area contributed by atoms with Crippen molar-refractivity contribution >= 4 is 10.0 Å². The molecule has 0 spiro atoms. The predicted octanol–water partition coefficient (Wildman–Crippen LogP) is 2.22. The van der Waals surface area contributed by atoms with Crippen molar-refractivity contribution in [2.24, 2.45) is 0 Å². The summed E-state index contributed by atoms with van der Waals surface area (Å²) in [5.74, 6) is 0.636. The van der Waals surface area contributed by atoms with E-state index >= 15 is 0 Å². The molecule has 0 saturated carbocycles. The molecule has 1 saturated heterocycles. The zero-order valence-corrected chi connectivity index (χ0v) is 11.0. The van der Waals surface area contributed by atoms with E-state index in [1.807, 2.05) is 25.1 Å². The summed E-state index contributed by atoms with van der Waals surface area (Å²) in [6.07, 6.45) is 1.63. The highest BCUT2D eigenvalue weighted by Gasteiger charge is 2.31. The van der Waals surface area contributed by atoms with Gasteiger partial charge in [0.2, 0.25) is 10.0 Å². The highest BCUT2D eigenvalue weighted by atomic mass is 32.2. The SMILES string of the molecule is CCCS(=O)(=O)N1CCC(c2ccccc2)C1. The highest BCUT2D eigenvalue weighted by molar-refractivity contribution is 7.89. The molecule has 1 fully saturated rings. The third kappa shape index (κ3) is 2.87. The molecule has 0 bridgehead atoms. The van der Waals surface area contributed by atoms with Crippen LogP contribution >= 0.6 is 0 Å². The second-order valence-corrected chi connectivity index (χ2v) is 6.66. The van der Waals surface area contributed by atoms with Crippen molar-refractivity contribution in [1.29, 1.82) is 0 Å². The van der Waals surface area contributed by atoms with E-state index in [1.165, 1.54) is 5.56 Å². The van der Waals surface area contributed by atoms with Gasteiger partial charge in [-0.25, -0.2) is 12.7 Å². The quantitative estimate of drug-likeness (QED) is 0.825. The first-order chi connectivity index (χ1) is 8.13.